The lowest BCUT2D eigenvalue weighted by Crippen LogP contribution is -2.24. The third-order valence-electron chi connectivity index (χ3n) is 3.88. The highest BCUT2D eigenvalue weighted by Crippen LogP contribution is 2.30. The molecule has 0 atom stereocenters. The Morgan fingerprint density at radius 3 is 2.71 bits per heavy atom. The first-order valence-electron chi connectivity index (χ1n) is 6.86. The average molecular weight is 294 g/mol. The van der Waals surface area contributed by atoms with Crippen molar-refractivity contribution >= 4 is 33.0 Å². The van der Waals surface area contributed by atoms with Gasteiger partial charge in [-0.05, 0) is 40.8 Å². The summed E-state index contributed by atoms with van der Waals surface area (Å²) in [6.45, 7) is 1.32. The number of hydrogen-bond donors (Lipinski definition) is 1. The van der Waals surface area contributed by atoms with Gasteiger partial charge < -0.3 is 10.6 Å². The van der Waals surface area contributed by atoms with Crippen LogP contribution in [0.2, 0.25) is 0 Å². The van der Waals surface area contributed by atoms with Gasteiger partial charge in [0.15, 0.2) is 0 Å². The zero-order valence-electron chi connectivity index (χ0n) is 11.4. The zero-order chi connectivity index (χ0) is 14.4. The van der Waals surface area contributed by atoms with Gasteiger partial charge in [0.2, 0.25) is 0 Å². The lowest BCUT2D eigenvalue weighted by molar-refractivity contribution is 0.0756. The maximum Gasteiger partial charge on any atom is 0.264 e. The number of nitrogens with two attached hydrogens (primary N) is 1. The number of carbonyl (C=O) groups excluding carboxylic acids is 1. The SMILES string of the molecule is Nc1ccc2c(c1)CN(C(=O)c1cc3ccccc3s1)C2. The molecule has 1 aromatic heterocycles. The minimum Gasteiger partial charge on any atom is -0.399 e. The van der Waals surface area contributed by atoms with E-state index in [9.17, 15) is 4.79 Å². The predicted molar refractivity (Wildman–Crippen MR) is 86.3 cm³/mol. The number of hydrogen-bond acceptors (Lipinski definition) is 3. The van der Waals surface area contributed by atoms with E-state index in [1.54, 1.807) is 11.3 Å². The summed E-state index contributed by atoms with van der Waals surface area (Å²) in [6, 6.07) is 16.0. The largest absolute Gasteiger partial charge is 0.399 e. The molecule has 0 bridgehead atoms. The maximum atomic E-state index is 12.7. The molecule has 0 saturated carbocycles. The van der Waals surface area contributed by atoms with Crippen molar-refractivity contribution in [3.05, 3.63) is 64.5 Å². The topological polar surface area (TPSA) is 46.3 Å². The summed E-state index contributed by atoms with van der Waals surface area (Å²) >= 11 is 1.56. The quantitative estimate of drug-likeness (QED) is 0.696. The molecule has 1 amide bonds. The van der Waals surface area contributed by atoms with Crippen molar-refractivity contribution < 1.29 is 4.79 Å². The van der Waals surface area contributed by atoms with E-state index < -0.39 is 0 Å². The molecule has 0 fully saturated rings. The van der Waals surface area contributed by atoms with Crippen LogP contribution in [0.25, 0.3) is 10.1 Å². The predicted octanol–water partition coefficient (Wildman–Crippen LogP) is 3.64. The number of nitrogens with zero attached hydrogens (tertiary/aromatic N) is 1. The van der Waals surface area contributed by atoms with Crippen LogP contribution in [-0.2, 0) is 13.1 Å². The van der Waals surface area contributed by atoms with E-state index in [2.05, 4.69) is 6.07 Å². The number of rotatable bonds is 1. The Labute approximate surface area is 126 Å². The van der Waals surface area contributed by atoms with Crippen LogP contribution in [0.3, 0.4) is 0 Å². The maximum absolute atomic E-state index is 12.7. The van der Waals surface area contributed by atoms with Gasteiger partial charge >= 0.3 is 0 Å². The fourth-order valence-electron chi connectivity index (χ4n) is 2.80. The average Bonchev–Trinajstić information content (AvgIpc) is 3.09. The molecule has 104 valence electrons. The summed E-state index contributed by atoms with van der Waals surface area (Å²) in [6.07, 6.45) is 0. The highest BCUT2D eigenvalue weighted by Gasteiger charge is 2.25. The van der Waals surface area contributed by atoms with E-state index in [0.717, 1.165) is 26.2 Å². The normalized spacial score (nSPS) is 13.6. The molecule has 21 heavy (non-hydrogen) atoms. The fraction of sp³-hybridized carbons (Fsp3) is 0.118. The number of nitrogen functional groups attached to an aromatic ring is 1. The second-order valence-electron chi connectivity index (χ2n) is 5.34. The summed E-state index contributed by atoms with van der Waals surface area (Å²) in [4.78, 5) is 15.4. The number of anilines is 1. The Morgan fingerprint density at radius 1 is 1.05 bits per heavy atom. The van der Waals surface area contributed by atoms with E-state index in [4.69, 9.17) is 5.73 Å². The molecular weight excluding hydrogens is 280 g/mol. The van der Waals surface area contributed by atoms with Gasteiger partial charge in [0, 0.05) is 23.5 Å². The Bertz CT molecular complexity index is 820. The zero-order valence-corrected chi connectivity index (χ0v) is 12.2. The number of amides is 1. The lowest BCUT2D eigenvalue weighted by Gasteiger charge is -2.13. The first-order valence-corrected chi connectivity index (χ1v) is 7.67. The van der Waals surface area contributed by atoms with Crippen molar-refractivity contribution in [2.75, 3.05) is 5.73 Å². The molecule has 4 rings (SSSR count). The molecule has 4 heteroatoms. The molecule has 0 aliphatic carbocycles. The molecule has 3 aromatic rings. The van der Waals surface area contributed by atoms with Crippen molar-refractivity contribution in [1.82, 2.24) is 4.90 Å². The smallest absolute Gasteiger partial charge is 0.264 e. The molecular formula is C17H14N2OS. The van der Waals surface area contributed by atoms with Gasteiger partial charge in [-0.25, -0.2) is 0 Å². The van der Waals surface area contributed by atoms with Gasteiger partial charge in [0.25, 0.3) is 5.91 Å². The second kappa shape index (κ2) is 4.60. The molecule has 3 nitrogen and oxygen atoms in total. The van der Waals surface area contributed by atoms with Crippen LogP contribution < -0.4 is 5.73 Å². The van der Waals surface area contributed by atoms with Crippen molar-refractivity contribution in [3.63, 3.8) is 0 Å². The minimum absolute atomic E-state index is 0.103. The number of thiophene rings is 1. The highest BCUT2D eigenvalue weighted by molar-refractivity contribution is 7.20. The van der Waals surface area contributed by atoms with Crippen molar-refractivity contribution in [2.24, 2.45) is 0 Å². The van der Waals surface area contributed by atoms with Crippen molar-refractivity contribution in [1.29, 1.82) is 0 Å². The van der Waals surface area contributed by atoms with E-state index >= 15 is 0 Å². The molecule has 2 heterocycles. The van der Waals surface area contributed by atoms with Gasteiger partial charge in [0.1, 0.15) is 0 Å². The molecule has 1 aliphatic rings. The van der Waals surface area contributed by atoms with Crippen LogP contribution in [0.4, 0.5) is 5.69 Å². The van der Waals surface area contributed by atoms with Gasteiger partial charge in [-0.15, -0.1) is 11.3 Å². The van der Waals surface area contributed by atoms with Gasteiger partial charge in [0.05, 0.1) is 4.88 Å². The standard InChI is InChI=1S/C17H14N2OS/c18-14-6-5-12-9-19(10-13(12)7-14)17(20)16-8-11-3-1-2-4-15(11)21-16/h1-8H,9-10,18H2. The number of carbonyl (C=O) groups is 1. The summed E-state index contributed by atoms with van der Waals surface area (Å²) in [7, 11) is 0. The Hall–Kier alpha value is -2.33. The molecule has 2 aromatic carbocycles. The van der Waals surface area contributed by atoms with E-state index in [1.165, 1.54) is 5.56 Å². The van der Waals surface area contributed by atoms with Crippen LogP contribution in [0.5, 0.6) is 0 Å². The highest BCUT2D eigenvalue weighted by atomic mass is 32.1. The first kappa shape index (κ1) is 12.4. The van der Waals surface area contributed by atoms with Gasteiger partial charge in [-0.1, -0.05) is 24.3 Å². The van der Waals surface area contributed by atoms with Crippen molar-refractivity contribution in [2.45, 2.75) is 13.1 Å². The molecule has 0 unspecified atom stereocenters. The van der Waals surface area contributed by atoms with Gasteiger partial charge in [-0.3, -0.25) is 4.79 Å². The Morgan fingerprint density at radius 2 is 1.86 bits per heavy atom. The second-order valence-corrected chi connectivity index (χ2v) is 6.42. The van der Waals surface area contributed by atoms with Crippen molar-refractivity contribution in [3.8, 4) is 0 Å². The number of fused-ring (bicyclic) bond motifs is 2. The molecule has 0 saturated heterocycles. The van der Waals surface area contributed by atoms with Crippen LogP contribution in [0, 0.1) is 0 Å². The minimum atomic E-state index is 0.103. The van der Waals surface area contributed by atoms with Crippen LogP contribution >= 0.6 is 11.3 Å². The Balaban J connectivity index is 1.64. The fourth-order valence-corrected chi connectivity index (χ4v) is 3.83. The van der Waals surface area contributed by atoms with E-state index in [0.29, 0.717) is 13.1 Å². The van der Waals surface area contributed by atoms with E-state index in [1.807, 2.05) is 47.4 Å². The lowest BCUT2D eigenvalue weighted by atomic mass is 10.1. The monoisotopic (exact) mass is 294 g/mol. The summed E-state index contributed by atoms with van der Waals surface area (Å²) < 4.78 is 1.15. The van der Waals surface area contributed by atoms with Gasteiger partial charge in [-0.2, -0.15) is 0 Å². The molecule has 1 aliphatic heterocycles. The molecule has 0 spiro atoms. The van der Waals surface area contributed by atoms with Crippen LogP contribution in [0.1, 0.15) is 20.8 Å². The Kier molecular flexibility index (Phi) is 2.72. The first-order chi connectivity index (χ1) is 10.2. The van der Waals surface area contributed by atoms with Crippen LogP contribution in [0.15, 0.2) is 48.5 Å². The molecule has 0 radical (unpaired) electrons. The third kappa shape index (κ3) is 2.08. The third-order valence-corrected chi connectivity index (χ3v) is 4.98. The summed E-state index contributed by atoms with van der Waals surface area (Å²) in [5.41, 5.74) is 8.92. The molecule has 2 N–H and O–H groups in total. The summed E-state index contributed by atoms with van der Waals surface area (Å²) in [5, 5.41) is 1.13. The van der Waals surface area contributed by atoms with E-state index in [-0.39, 0.29) is 5.91 Å². The number of benzene rings is 2. The summed E-state index contributed by atoms with van der Waals surface area (Å²) in [5.74, 6) is 0.103. The van der Waals surface area contributed by atoms with Crippen LogP contribution in [-0.4, -0.2) is 10.8 Å².